The Labute approximate surface area is 129 Å². The van der Waals surface area contributed by atoms with Crippen molar-refractivity contribution < 1.29 is 0 Å². The quantitative estimate of drug-likeness (QED) is 0.889. The Morgan fingerprint density at radius 1 is 1.05 bits per heavy atom. The lowest BCUT2D eigenvalue weighted by atomic mass is 9.87. The molecule has 2 heteroatoms. The highest BCUT2D eigenvalue weighted by Crippen LogP contribution is 2.36. The summed E-state index contributed by atoms with van der Waals surface area (Å²) in [5, 5.41) is 3.88. The average molecular weight is 286 g/mol. The summed E-state index contributed by atoms with van der Waals surface area (Å²) in [6.45, 7) is 12.6. The van der Waals surface area contributed by atoms with Crippen LogP contribution in [-0.2, 0) is 6.54 Å². The SMILES string of the molecule is Cc1cc(C)cc(CN2CC3(CCCC3)NCC2(C)C)c1. The molecule has 1 spiro atoms. The molecule has 0 amide bonds. The van der Waals surface area contributed by atoms with Crippen LogP contribution < -0.4 is 5.32 Å². The fourth-order valence-corrected chi connectivity index (χ4v) is 4.19. The van der Waals surface area contributed by atoms with Crippen molar-refractivity contribution in [2.24, 2.45) is 0 Å². The van der Waals surface area contributed by atoms with Gasteiger partial charge < -0.3 is 5.32 Å². The van der Waals surface area contributed by atoms with Crippen LogP contribution in [0.4, 0.5) is 0 Å². The minimum absolute atomic E-state index is 0.242. The molecule has 1 aromatic carbocycles. The highest BCUT2D eigenvalue weighted by atomic mass is 15.3. The molecule has 0 unspecified atom stereocenters. The lowest BCUT2D eigenvalue weighted by molar-refractivity contribution is 0.0217. The maximum atomic E-state index is 3.88. The normalized spacial score (nSPS) is 24.6. The highest BCUT2D eigenvalue weighted by Gasteiger charge is 2.43. The van der Waals surface area contributed by atoms with E-state index in [1.54, 1.807) is 0 Å². The van der Waals surface area contributed by atoms with E-state index in [1.807, 2.05) is 0 Å². The highest BCUT2D eigenvalue weighted by molar-refractivity contribution is 5.28. The van der Waals surface area contributed by atoms with E-state index in [-0.39, 0.29) is 5.54 Å². The molecule has 3 rings (SSSR count). The van der Waals surface area contributed by atoms with E-state index in [9.17, 15) is 0 Å². The fraction of sp³-hybridized carbons (Fsp3) is 0.684. The van der Waals surface area contributed by atoms with E-state index in [2.05, 4.69) is 56.1 Å². The van der Waals surface area contributed by atoms with Crippen molar-refractivity contribution in [1.29, 1.82) is 0 Å². The Kier molecular flexibility index (Phi) is 3.87. The van der Waals surface area contributed by atoms with Gasteiger partial charge in [0.15, 0.2) is 0 Å². The average Bonchev–Trinajstić information content (AvgIpc) is 2.82. The smallest absolute Gasteiger partial charge is 0.0309 e. The largest absolute Gasteiger partial charge is 0.308 e. The molecular weight excluding hydrogens is 256 g/mol. The van der Waals surface area contributed by atoms with Crippen molar-refractivity contribution in [3.8, 4) is 0 Å². The number of hydrogen-bond donors (Lipinski definition) is 1. The van der Waals surface area contributed by atoms with Gasteiger partial charge in [-0.15, -0.1) is 0 Å². The molecule has 2 nitrogen and oxygen atoms in total. The molecule has 1 N–H and O–H groups in total. The molecule has 0 atom stereocenters. The van der Waals surface area contributed by atoms with Crippen molar-refractivity contribution in [2.45, 2.75) is 71.0 Å². The summed E-state index contributed by atoms with van der Waals surface area (Å²) in [5.74, 6) is 0. The monoisotopic (exact) mass is 286 g/mol. The zero-order valence-electron chi connectivity index (χ0n) is 14.1. The molecule has 1 aromatic rings. The van der Waals surface area contributed by atoms with E-state index in [1.165, 1.54) is 48.9 Å². The maximum Gasteiger partial charge on any atom is 0.0309 e. The van der Waals surface area contributed by atoms with Crippen molar-refractivity contribution in [3.05, 3.63) is 34.9 Å². The van der Waals surface area contributed by atoms with Crippen molar-refractivity contribution in [3.63, 3.8) is 0 Å². The van der Waals surface area contributed by atoms with Gasteiger partial charge in [0.1, 0.15) is 0 Å². The Hall–Kier alpha value is -0.860. The minimum atomic E-state index is 0.242. The minimum Gasteiger partial charge on any atom is -0.308 e. The predicted octanol–water partition coefficient (Wildman–Crippen LogP) is 3.80. The van der Waals surface area contributed by atoms with Gasteiger partial charge in [0.2, 0.25) is 0 Å². The number of nitrogens with zero attached hydrogens (tertiary/aromatic N) is 1. The zero-order chi connectivity index (χ0) is 15.1. The van der Waals surface area contributed by atoms with Crippen LogP contribution >= 0.6 is 0 Å². The van der Waals surface area contributed by atoms with Gasteiger partial charge in [-0.3, -0.25) is 4.90 Å². The Morgan fingerprint density at radius 2 is 1.67 bits per heavy atom. The Bertz CT molecular complexity index is 492. The van der Waals surface area contributed by atoms with Gasteiger partial charge in [-0.25, -0.2) is 0 Å². The first-order chi connectivity index (χ1) is 9.89. The van der Waals surface area contributed by atoms with Gasteiger partial charge in [-0.1, -0.05) is 42.2 Å². The van der Waals surface area contributed by atoms with E-state index >= 15 is 0 Å². The number of piperazine rings is 1. The molecule has 1 aliphatic heterocycles. The summed E-state index contributed by atoms with van der Waals surface area (Å²) >= 11 is 0. The van der Waals surface area contributed by atoms with Crippen LogP contribution in [0.1, 0.15) is 56.2 Å². The molecule has 2 aliphatic rings. The van der Waals surface area contributed by atoms with Crippen molar-refractivity contribution in [1.82, 2.24) is 10.2 Å². The lowest BCUT2D eigenvalue weighted by Gasteiger charge is -2.51. The zero-order valence-corrected chi connectivity index (χ0v) is 14.1. The molecule has 0 aromatic heterocycles. The second-order valence-electron chi connectivity index (χ2n) is 8.01. The third-order valence-electron chi connectivity index (χ3n) is 5.46. The fourth-order valence-electron chi connectivity index (χ4n) is 4.19. The van der Waals surface area contributed by atoms with Crippen LogP contribution in [-0.4, -0.2) is 29.1 Å². The van der Waals surface area contributed by atoms with E-state index < -0.39 is 0 Å². The van der Waals surface area contributed by atoms with Crippen molar-refractivity contribution in [2.75, 3.05) is 13.1 Å². The van der Waals surface area contributed by atoms with Crippen LogP contribution in [0.25, 0.3) is 0 Å². The lowest BCUT2D eigenvalue weighted by Crippen LogP contribution is -2.66. The molecule has 2 fully saturated rings. The summed E-state index contributed by atoms with van der Waals surface area (Å²) in [6, 6.07) is 6.98. The standard InChI is InChI=1S/C19H30N2/c1-15-9-16(2)11-17(10-15)12-21-14-19(7-5-6-8-19)20-13-18(21,3)4/h9-11,20H,5-8,12-14H2,1-4H3. The molecule has 1 saturated heterocycles. The number of aryl methyl sites for hydroxylation is 2. The Morgan fingerprint density at radius 3 is 2.29 bits per heavy atom. The molecule has 0 radical (unpaired) electrons. The van der Waals surface area contributed by atoms with Gasteiger partial charge in [-0.05, 0) is 46.1 Å². The maximum absolute atomic E-state index is 3.88. The predicted molar refractivity (Wildman–Crippen MR) is 89.6 cm³/mol. The number of benzene rings is 1. The molecular formula is C19H30N2. The molecule has 21 heavy (non-hydrogen) atoms. The molecule has 1 heterocycles. The van der Waals surface area contributed by atoms with Crippen LogP contribution in [0.15, 0.2) is 18.2 Å². The first kappa shape index (κ1) is 15.1. The third kappa shape index (κ3) is 3.17. The topological polar surface area (TPSA) is 15.3 Å². The van der Waals surface area contributed by atoms with Crippen LogP contribution in [0.3, 0.4) is 0 Å². The van der Waals surface area contributed by atoms with Crippen LogP contribution in [0.2, 0.25) is 0 Å². The van der Waals surface area contributed by atoms with Gasteiger partial charge in [0.05, 0.1) is 0 Å². The summed E-state index contributed by atoms with van der Waals surface area (Å²) < 4.78 is 0. The van der Waals surface area contributed by atoms with Gasteiger partial charge >= 0.3 is 0 Å². The summed E-state index contributed by atoms with van der Waals surface area (Å²) in [7, 11) is 0. The van der Waals surface area contributed by atoms with Crippen molar-refractivity contribution >= 4 is 0 Å². The first-order valence-corrected chi connectivity index (χ1v) is 8.46. The summed E-state index contributed by atoms with van der Waals surface area (Å²) in [4.78, 5) is 2.71. The second-order valence-corrected chi connectivity index (χ2v) is 8.01. The second kappa shape index (κ2) is 5.40. The number of rotatable bonds is 2. The van der Waals surface area contributed by atoms with Crippen LogP contribution in [0, 0.1) is 13.8 Å². The molecule has 116 valence electrons. The molecule has 1 aliphatic carbocycles. The Balaban J connectivity index is 1.80. The van der Waals surface area contributed by atoms with Gasteiger partial charge in [-0.2, -0.15) is 0 Å². The van der Waals surface area contributed by atoms with Gasteiger partial charge in [0.25, 0.3) is 0 Å². The molecule has 1 saturated carbocycles. The number of hydrogen-bond acceptors (Lipinski definition) is 2. The van der Waals surface area contributed by atoms with E-state index in [0.717, 1.165) is 13.1 Å². The summed E-state index contributed by atoms with van der Waals surface area (Å²) in [5.41, 5.74) is 4.87. The van der Waals surface area contributed by atoms with E-state index in [0.29, 0.717) is 5.54 Å². The van der Waals surface area contributed by atoms with E-state index in [4.69, 9.17) is 0 Å². The molecule has 0 bridgehead atoms. The first-order valence-electron chi connectivity index (χ1n) is 8.46. The third-order valence-corrected chi connectivity index (χ3v) is 5.46. The van der Waals surface area contributed by atoms with Gasteiger partial charge in [0, 0.05) is 30.7 Å². The number of nitrogens with one attached hydrogen (secondary N) is 1. The summed E-state index contributed by atoms with van der Waals surface area (Å²) in [6.07, 6.45) is 5.49. The van der Waals surface area contributed by atoms with Crippen LogP contribution in [0.5, 0.6) is 0 Å².